The summed E-state index contributed by atoms with van der Waals surface area (Å²) in [6.45, 7) is 1.74. The van der Waals surface area contributed by atoms with Gasteiger partial charge in [-0.3, -0.25) is 4.90 Å². The molecule has 0 N–H and O–H groups in total. The van der Waals surface area contributed by atoms with Crippen molar-refractivity contribution in [2.45, 2.75) is 4.90 Å². The Morgan fingerprint density at radius 1 is 1.19 bits per heavy atom. The summed E-state index contributed by atoms with van der Waals surface area (Å²) in [5, 5.41) is 17.4. The second kappa shape index (κ2) is 6.19. The number of piperazine rings is 1. The van der Waals surface area contributed by atoms with E-state index in [-0.39, 0.29) is 30.1 Å². The van der Waals surface area contributed by atoms with Gasteiger partial charge in [0.15, 0.2) is 0 Å². The molecular weight excluding hydrogens is 295 g/mol. The molecule has 8 heteroatoms. The Kier molecular flexibility index (Phi) is 4.53. The largest absolute Gasteiger partial charge is 0.288 e. The Morgan fingerprint density at radius 2 is 1.86 bits per heavy atom. The van der Waals surface area contributed by atoms with Crippen LogP contribution in [-0.2, 0) is 10.0 Å². The molecule has 0 radical (unpaired) electrons. The molecule has 0 spiro atoms. The lowest BCUT2D eigenvalue weighted by molar-refractivity contribution is 0.206. The van der Waals surface area contributed by atoms with Crippen LogP contribution in [0.15, 0.2) is 23.1 Å². The number of benzene rings is 1. The summed E-state index contributed by atoms with van der Waals surface area (Å²) < 4.78 is 39.4. The zero-order valence-electron chi connectivity index (χ0n) is 11.2. The van der Waals surface area contributed by atoms with Gasteiger partial charge in [-0.05, 0) is 18.2 Å². The van der Waals surface area contributed by atoms with Crippen molar-refractivity contribution < 1.29 is 12.8 Å². The summed E-state index contributed by atoms with van der Waals surface area (Å²) in [4.78, 5) is 1.77. The van der Waals surface area contributed by atoms with Gasteiger partial charge in [0.1, 0.15) is 11.9 Å². The lowest BCUT2D eigenvalue weighted by Gasteiger charge is -2.32. The maximum absolute atomic E-state index is 13.3. The normalized spacial score (nSPS) is 17.1. The van der Waals surface area contributed by atoms with Crippen LogP contribution in [0.5, 0.6) is 0 Å². The van der Waals surface area contributed by atoms with E-state index in [1.807, 2.05) is 11.0 Å². The van der Waals surface area contributed by atoms with Crippen LogP contribution in [-0.4, -0.2) is 50.3 Å². The minimum Gasteiger partial charge on any atom is -0.288 e. The van der Waals surface area contributed by atoms with Gasteiger partial charge < -0.3 is 0 Å². The van der Waals surface area contributed by atoms with Gasteiger partial charge in [0.25, 0.3) is 0 Å². The monoisotopic (exact) mass is 308 g/mol. The number of hydrogen-bond donors (Lipinski definition) is 0. The number of nitriles is 2. The standard InChI is InChI=1S/C13H13FN4O2S/c14-13-2-1-12(9-11(13)10-16)21(19,20)18-7-5-17(4-3-15)6-8-18/h1-2,9H,4-8H2. The molecule has 1 heterocycles. The first-order valence-corrected chi connectivity index (χ1v) is 7.72. The van der Waals surface area contributed by atoms with Gasteiger partial charge in [0.2, 0.25) is 10.0 Å². The van der Waals surface area contributed by atoms with Crippen molar-refractivity contribution in [1.29, 1.82) is 10.5 Å². The third-order valence-corrected chi connectivity index (χ3v) is 5.22. The van der Waals surface area contributed by atoms with Gasteiger partial charge in [-0.2, -0.15) is 14.8 Å². The summed E-state index contributed by atoms with van der Waals surface area (Å²) in [5.74, 6) is -0.740. The fourth-order valence-corrected chi connectivity index (χ4v) is 3.58. The molecule has 0 aliphatic carbocycles. The summed E-state index contributed by atoms with van der Waals surface area (Å²) in [5.41, 5.74) is -0.292. The average Bonchev–Trinajstić information content (AvgIpc) is 2.48. The van der Waals surface area contributed by atoms with Gasteiger partial charge in [-0.1, -0.05) is 0 Å². The molecule has 0 aromatic heterocycles. The Bertz CT molecular complexity index is 713. The number of hydrogen-bond acceptors (Lipinski definition) is 5. The topological polar surface area (TPSA) is 88.2 Å². The van der Waals surface area contributed by atoms with E-state index in [1.54, 1.807) is 6.07 Å². The molecule has 0 unspecified atom stereocenters. The molecule has 1 aromatic carbocycles. The van der Waals surface area contributed by atoms with Crippen LogP contribution in [0, 0.1) is 28.5 Å². The van der Waals surface area contributed by atoms with E-state index < -0.39 is 15.8 Å². The fraction of sp³-hybridized carbons (Fsp3) is 0.385. The molecule has 21 heavy (non-hydrogen) atoms. The van der Waals surface area contributed by atoms with E-state index >= 15 is 0 Å². The van der Waals surface area contributed by atoms with Crippen molar-refractivity contribution in [3.05, 3.63) is 29.6 Å². The highest BCUT2D eigenvalue weighted by Crippen LogP contribution is 2.20. The Labute approximate surface area is 122 Å². The molecule has 0 saturated carbocycles. The first kappa shape index (κ1) is 15.4. The van der Waals surface area contributed by atoms with Crippen LogP contribution in [0.25, 0.3) is 0 Å². The SMILES string of the molecule is N#CCN1CCN(S(=O)(=O)c2ccc(F)c(C#N)c2)CC1. The lowest BCUT2D eigenvalue weighted by atomic mass is 10.2. The fourth-order valence-electron chi connectivity index (χ4n) is 2.13. The number of sulfonamides is 1. The molecule has 2 rings (SSSR count). The molecule has 1 aromatic rings. The van der Waals surface area contributed by atoms with Gasteiger partial charge in [0, 0.05) is 26.2 Å². The molecule has 110 valence electrons. The number of halogens is 1. The molecule has 0 atom stereocenters. The van der Waals surface area contributed by atoms with Crippen LogP contribution in [0.4, 0.5) is 4.39 Å². The van der Waals surface area contributed by atoms with Gasteiger partial charge in [-0.15, -0.1) is 0 Å². The summed E-state index contributed by atoms with van der Waals surface area (Å²) in [6, 6.07) is 6.85. The van der Waals surface area contributed by atoms with Crippen molar-refractivity contribution in [3.8, 4) is 12.1 Å². The minimum atomic E-state index is -3.74. The van der Waals surface area contributed by atoms with Crippen molar-refractivity contribution in [1.82, 2.24) is 9.21 Å². The molecule has 0 amide bonds. The maximum Gasteiger partial charge on any atom is 0.243 e. The summed E-state index contributed by atoms with van der Waals surface area (Å²) >= 11 is 0. The third-order valence-electron chi connectivity index (χ3n) is 3.32. The van der Waals surface area contributed by atoms with Crippen molar-refractivity contribution >= 4 is 10.0 Å². The zero-order valence-corrected chi connectivity index (χ0v) is 12.0. The van der Waals surface area contributed by atoms with Gasteiger partial charge in [-0.25, -0.2) is 12.8 Å². The number of rotatable bonds is 3. The zero-order chi connectivity index (χ0) is 15.5. The van der Waals surface area contributed by atoms with Crippen LogP contribution in [0.1, 0.15) is 5.56 Å². The minimum absolute atomic E-state index is 0.0887. The van der Waals surface area contributed by atoms with Gasteiger partial charge >= 0.3 is 0 Å². The van der Waals surface area contributed by atoms with Crippen molar-refractivity contribution in [3.63, 3.8) is 0 Å². The quantitative estimate of drug-likeness (QED) is 0.760. The van der Waals surface area contributed by atoms with E-state index in [9.17, 15) is 12.8 Å². The predicted molar refractivity (Wildman–Crippen MR) is 71.9 cm³/mol. The van der Waals surface area contributed by atoms with E-state index in [2.05, 4.69) is 0 Å². The van der Waals surface area contributed by atoms with Crippen molar-refractivity contribution in [2.24, 2.45) is 0 Å². The Balaban J connectivity index is 2.20. The van der Waals surface area contributed by atoms with E-state index in [0.29, 0.717) is 13.1 Å². The maximum atomic E-state index is 13.3. The molecule has 1 fully saturated rings. The smallest absolute Gasteiger partial charge is 0.243 e. The molecule has 1 saturated heterocycles. The predicted octanol–water partition coefficient (Wildman–Crippen LogP) is 0.527. The highest BCUT2D eigenvalue weighted by molar-refractivity contribution is 7.89. The van der Waals surface area contributed by atoms with Gasteiger partial charge in [0.05, 0.1) is 23.1 Å². The Hall–Kier alpha value is -2.00. The highest BCUT2D eigenvalue weighted by Gasteiger charge is 2.28. The average molecular weight is 308 g/mol. The lowest BCUT2D eigenvalue weighted by Crippen LogP contribution is -2.48. The summed E-state index contributed by atoms with van der Waals surface area (Å²) in [6.07, 6.45) is 0. The van der Waals surface area contributed by atoms with Crippen LogP contribution < -0.4 is 0 Å². The molecular formula is C13H13FN4O2S. The van der Waals surface area contributed by atoms with E-state index in [1.165, 1.54) is 4.31 Å². The molecule has 1 aliphatic heterocycles. The van der Waals surface area contributed by atoms with E-state index in [4.69, 9.17) is 10.5 Å². The van der Waals surface area contributed by atoms with Crippen LogP contribution >= 0.6 is 0 Å². The van der Waals surface area contributed by atoms with Crippen LogP contribution in [0.3, 0.4) is 0 Å². The highest BCUT2D eigenvalue weighted by atomic mass is 32.2. The van der Waals surface area contributed by atoms with Crippen LogP contribution in [0.2, 0.25) is 0 Å². The second-order valence-electron chi connectivity index (χ2n) is 4.59. The van der Waals surface area contributed by atoms with E-state index in [0.717, 1.165) is 18.2 Å². The second-order valence-corrected chi connectivity index (χ2v) is 6.53. The summed E-state index contributed by atoms with van der Waals surface area (Å²) in [7, 11) is -3.74. The first-order chi connectivity index (χ1) is 9.98. The van der Waals surface area contributed by atoms with Crippen molar-refractivity contribution in [2.75, 3.05) is 32.7 Å². The molecule has 0 bridgehead atoms. The first-order valence-electron chi connectivity index (χ1n) is 6.28. The molecule has 1 aliphatic rings. The molecule has 6 nitrogen and oxygen atoms in total. The number of nitrogens with zero attached hydrogens (tertiary/aromatic N) is 4. The third kappa shape index (κ3) is 3.19. The Morgan fingerprint density at radius 3 is 2.43 bits per heavy atom.